The maximum atomic E-state index is 12.1. The summed E-state index contributed by atoms with van der Waals surface area (Å²) in [4.78, 5) is 26.2. The lowest BCUT2D eigenvalue weighted by molar-refractivity contribution is -0.126. The van der Waals surface area contributed by atoms with E-state index in [0.29, 0.717) is 13.0 Å². The molecule has 0 bridgehead atoms. The summed E-state index contributed by atoms with van der Waals surface area (Å²) in [5.41, 5.74) is 1.75. The zero-order valence-corrected chi connectivity index (χ0v) is 14.4. The van der Waals surface area contributed by atoms with E-state index in [1.165, 1.54) is 0 Å². The Labute approximate surface area is 148 Å². The number of amides is 2. The van der Waals surface area contributed by atoms with Crippen LogP contribution in [0, 0.1) is 5.92 Å². The van der Waals surface area contributed by atoms with E-state index < -0.39 is 0 Å². The molecule has 0 aliphatic carbocycles. The molecule has 2 saturated heterocycles. The van der Waals surface area contributed by atoms with Gasteiger partial charge in [-0.2, -0.15) is 0 Å². The zero-order chi connectivity index (χ0) is 17.5. The van der Waals surface area contributed by atoms with E-state index in [1.54, 1.807) is 0 Å². The van der Waals surface area contributed by atoms with Crippen LogP contribution in [0.25, 0.3) is 0 Å². The van der Waals surface area contributed by atoms with Crippen molar-refractivity contribution in [3.05, 3.63) is 29.8 Å². The number of carbonyl (C=O) groups is 2. The van der Waals surface area contributed by atoms with Crippen LogP contribution in [0.4, 0.5) is 5.69 Å². The Morgan fingerprint density at radius 1 is 1.24 bits per heavy atom. The first-order valence-electron chi connectivity index (χ1n) is 8.88. The van der Waals surface area contributed by atoms with Crippen LogP contribution in [0.5, 0.6) is 0 Å². The first-order chi connectivity index (χ1) is 12.2. The summed E-state index contributed by atoms with van der Waals surface area (Å²) in [7, 11) is 0. The summed E-state index contributed by atoms with van der Waals surface area (Å²) in [5, 5.41) is 8.96. The van der Waals surface area contributed by atoms with Gasteiger partial charge in [-0.25, -0.2) is 0 Å². The largest absolute Gasteiger partial charge is 0.379 e. The lowest BCUT2D eigenvalue weighted by atomic mass is 10.0. The van der Waals surface area contributed by atoms with Gasteiger partial charge >= 0.3 is 0 Å². The molecule has 0 aromatic heterocycles. The number of hydrogen-bond acceptors (Lipinski definition) is 5. The van der Waals surface area contributed by atoms with Crippen molar-refractivity contribution < 1.29 is 14.3 Å². The van der Waals surface area contributed by atoms with Crippen molar-refractivity contribution in [3.63, 3.8) is 0 Å². The van der Waals surface area contributed by atoms with Gasteiger partial charge in [0, 0.05) is 51.4 Å². The Balaban J connectivity index is 1.42. The first kappa shape index (κ1) is 17.8. The maximum Gasteiger partial charge on any atom is 0.225 e. The maximum absolute atomic E-state index is 12.1. The quantitative estimate of drug-likeness (QED) is 0.656. The van der Waals surface area contributed by atoms with Crippen molar-refractivity contribution in [1.82, 2.24) is 15.5 Å². The van der Waals surface area contributed by atoms with Gasteiger partial charge in [-0.1, -0.05) is 12.1 Å². The molecule has 2 aliphatic heterocycles. The minimum absolute atomic E-state index is 0.00761. The molecule has 1 aromatic carbocycles. The van der Waals surface area contributed by atoms with E-state index in [2.05, 4.69) is 20.9 Å². The number of benzene rings is 1. The molecule has 7 nitrogen and oxygen atoms in total. The first-order valence-corrected chi connectivity index (χ1v) is 8.88. The van der Waals surface area contributed by atoms with Gasteiger partial charge in [0.05, 0.1) is 19.1 Å². The average molecular weight is 346 g/mol. The summed E-state index contributed by atoms with van der Waals surface area (Å²) < 4.78 is 5.31. The van der Waals surface area contributed by atoms with Gasteiger partial charge in [-0.15, -0.1) is 0 Å². The second-order valence-corrected chi connectivity index (χ2v) is 6.53. The molecule has 2 fully saturated rings. The highest BCUT2D eigenvalue weighted by atomic mass is 16.5. The minimum atomic E-state index is 0.00761. The molecule has 0 spiro atoms. The van der Waals surface area contributed by atoms with E-state index >= 15 is 0 Å². The summed E-state index contributed by atoms with van der Waals surface area (Å²) in [6, 6.07) is 7.62. The van der Waals surface area contributed by atoms with Crippen molar-refractivity contribution in [1.29, 1.82) is 0 Å². The molecule has 0 atom stereocenters. The van der Waals surface area contributed by atoms with Gasteiger partial charge in [-0.3, -0.25) is 14.5 Å². The van der Waals surface area contributed by atoms with Crippen LogP contribution in [0.1, 0.15) is 12.0 Å². The van der Waals surface area contributed by atoms with Crippen LogP contribution in [-0.4, -0.2) is 62.7 Å². The molecule has 7 heteroatoms. The fourth-order valence-electron chi connectivity index (χ4n) is 2.87. The average Bonchev–Trinajstić information content (AvgIpc) is 2.58. The molecule has 0 unspecified atom stereocenters. The van der Waals surface area contributed by atoms with Gasteiger partial charge in [-0.05, 0) is 17.7 Å². The Morgan fingerprint density at radius 2 is 2.04 bits per heavy atom. The minimum Gasteiger partial charge on any atom is -0.379 e. The second kappa shape index (κ2) is 8.94. The number of morpholine rings is 1. The third-order valence-electron chi connectivity index (χ3n) is 4.59. The molecule has 0 saturated carbocycles. The van der Waals surface area contributed by atoms with E-state index in [9.17, 15) is 9.59 Å². The van der Waals surface area contributed by atoms with E-state index in [4.69, 9.17) is 4.74 Å². The van der Waals surface area contributed by atoms with Crippen LogP contribution < -0.4 is 16.0 Å². The Bertz CT molecular complexity index is 598. The Morgan fingerprint density at radius 3 is 2.76 bits per heavy atom. The molecule has 3 rings (SSSR count). The Kier molecular flexibility index (Phi) is 6.38. The van der Waals surface area contributed by atoms with E-state index in [0.717, 1.165) is 57.2 Å². The molecule has 2 amide bonds. The van der Waals surface area contributed by atoms with Crippen molar-refractivity contribution in [3.8, 4) is 0 Å². The van der Waals surface area contributed by atoms with Crippen molar-refractivity contribution in [2.75, 3.05) is 51.3 Å². The fourth-order valence-corrected chi connectivity index (χ4v) is 2.87. The number of hydrogen-bond donors (Lipinski definition) is 3. The van der Waals surface area contributed by atoms with Gasteiger partial charge < -0.3 is 20.7 Å². The van der Waals surface area contributed by atoms with Crippen molar-refractivity contribution >= 4 is 17.5 Å². The van der Waals surface area contributed by atoms with E-state index in [-0.39, 0.29) is 17.7 Å². The van der Waals surface area contributed by atoms with Crippen LogP contribution in [0.15, 0.2) is 24.3 Å². The lowest BCUT2D eigenvalue weighted by Gasteiger charge is -2.26. The zero-order valence-electron chi connectivity index (χ0n) is 14.4. The predicted octanol–water partition coefficient (Wildman–Crippen LogP) is 0.183. The number of carbonyl (C=O) groups excluding carboxylic acids is 2. The van der Waals surface area contributed by atoms with Crippen molar-refractivity contribution in [2.45, 2.75) is 13.0 Å². The summed E-state index contributed by atoms with van der Waals surface area (Å²) in [6.07, 6.45) is 0.468. The molecule has 25 heavy (non-hydrogen) atoms. The molecular formula is C18H26N4O3. The predicted molar refractivity (Wildman–Crippen MR) is 95.2 cm³/mol. The smallest absolute Gasteiger partial charge is 0.225 e. The molecule has 2 aliphatic rings. The standard InChI is InChI=1S/C18H26N4O3/c23-17(4-5-22-6-8-25-9-7-22)21-16-3-1-2-14(10-16)11-20-18(24)15-12-19-13-15/h1-3,10,15,19H,4-9,11-13H2,(H,20,24)(H,21,23). The van der Waals surface area contributed by atoms with Crippen LogP contribution >= 0.6 is 0 Å². The molecular weight excluding hydrogens is 320 g/mol. The van der Waals surface area contributed by atoms with Gasteiger partial charge in [0.25, 0.3) is 0 Å². The number of rotatable bonds is 7. The second-order valence-electron chi connectivity index (χ2n) is 6.53. The summed E-state index contributed by atoms with van der Waals surface area (Å²) >= 11 is 0. The molecule has 0 radical (unpaired) electrons. The normalized spacial score (nSPS) is 18.4. The molecule has 2 heterocycles. The van der Waals surface area contributed by atoms with Crippen LogP contribution in [-0.2, 0) is 20.9 Å². The number of nitrogens with zero attached hydrogens (tertiary/aromatic N) is 1. The topological polar surface area (TPSA) is 82.7 Å². The van der Waals surface area contributed by atoms with Crippen LogP contribution in [0.2, 0.25) is 0 Å². The van der Waals surface area contributed by atoms with Gasteiger partial charge in [0.15, 0.2) is 0 Å². The monoisotopic (exact) mass is 346 g/mol. The molecule has 136 valence electrons. The van der Waals surface area contributed by atoms with Gasteiger partial charge in [0.1, 0.15) is 0 Å². The SMILES string of the molecule is O=C(CCN1CCOCC1)Nc1cccc(CNC(=O)C2CNC2)c1. The lowest BCUT2D eigenvalue weighted by Crippen LogP contribution is -2.50. The third kappa shape index (κ3) is 5.52. The fraction of sp³-hybridized carbons (Fsp3) is 0.556. The third-order valence-corrected chi connectivity index (χ3v) is 4.59. The summed E-state index contributed by atoms with van der Waals surface area (Å²) in [5.74, 6) is 0.176. The number of nitrogens with one attached hydrogen (secondary N) is 3. The number of ether oxygens (including phenoxy) is 1. The van der Waals surface area contributed by atoms with Crippen molar-refractivity contribution in [2.24, 2.45) is 5.92 Å². The van der Waals surface area contributed by atoms with E-state index in [1.807, 2.05) is 24.3 Å². The summed E-state index contributed by atoms with van der Waals surface area (Å²) in [6.45, 7) is 6.00. The molecule has 1 aromatic rings. The Hall–Kier alpha value is -1.96. The highest BCUT2D eigenvalue weighted by Crippen LogP contribution is 2.12. The highest BCUT2D eigenvalue weighted by Gasteiger charge is 2.24. The molecule has 3 N–H and O–H groups in total. The van der Waals surface area contributed by atoms with Crippen LogP contribution in [0.3, 0.4) is 0 Å². The number of anilines is 1. The highest BCUT2D eigenvalue weighted by molar-refractivity contribution is 5.90. The van der Waals surface area contributed by atoms with Gasteiger partial charge in [0.2, 0.25) is 11.8 Å².